The van der Waals surface area contributed by atoms with Crippen molar-refractivity contribution in [2.45, 2.75) is 6.42 Å². The standard InChI is InChI=1S/C13H11ClN2O2S/c14-11-6-5-8(19-11)7-12(17)16-10-4-2-1-3-9(10)13(15)18/h1-6H,7H2,(H2,15,18)(H,16,17). The van der Waals surface area contributed by atoms with E-state index in [1.165, 1.54) is 11.3 Å². The Labute approximate surface area is 119 Å². The molecule has 3 N–H and O–H groups in total. The van der Waals surface area contributed by atoms with Crippen molar-refractivity contribution in [1.29, 1.82) is 0 Å². The van der Waals surface area contributed by atoms with Crippen molar-refractivity contribution in [2.75, 3.05) is 5.32 Å². The van der Waals surface area contributed by atoms with Crippen molar-refractivity contribution < 1.29 is 9.59 Å². The minimum atomic E-state index is -0.574. The number of hydrogen-bond donors (Lipinski definition) is 2. The predicted octanol–water partition coefficient (Wildman–Crippen LogP) is 2.68. The fourth-order valence-electron chi connectivity index (χ4n) is 1.61. The Morgan fingerprint density at radius 1 is 1.21 bits per heavy atom. The summed E-state index contributed by atoms with van der Waals surface area (Å²) < 4.78 is 0.639. The summed E-state index contributed by atoms with van der Waals surface area (Å²) in [7, 11) is 0. The zero-order chi connectivity index (χ0) is 13.8. The van der Waals surface area contributed by atoms with E-state index in [0.29, 0.717) is 15.6 Å². The number of hydrogen-bond acceptors (Lipinski definition) is 3. The molecule has 0 aliphatic rings. The van der Waals surface area contributed by atoms with Crippen LogP contribution in [0.5, 0.6) is 0 Å². The fourth-order valence-corrected chi connectivity index (χ4v) is 2.69. The number of carbonyl (C=O) groups is 2. The van der Waals surface area contributed by atoms with Crippen LogP contribution in [0.4, 0.5) is 5.69 Å². The van der Waals surface area contributed by atoms with E-state index in [9.17, 15) is 9.59 Å². The highest BCUT2D eigenvalue weighted by molar-refractivity contribution is 7.16. The lowest BCUT2D eigenvalue weighted by Crippen LogP contribution is -2.19. The molecule has 2 amide bonds. The molecule has 0 saturated heterocycles. The van der Waals surface area contributed by atoms with Crippen LogP contribution < -0.4 is 11.1 Å². The van der Waals surface area contributed by atoms with Crippen molar-refractivity contribution in [3.05, 3.63) is 51.2 Å². The minimum Gasteiger partial charge on any atom is -0.366 e. The van der Waals surface area contributed by atoms with Crippen LogP contribution in [0.25, 0.3) is 0 Å². The second-order valence-corrected chi connectivity index (χ2v) is 5.64. The molecular weight excluding hydrogens is 284 g/mol. The normalized spacial score (nSPS) is 10.2. The number of thiophene rings is 1. The van der Waals surface area contributed by atoms with Gasteiger partial charge in [0.25, 0.3) is 5.91 Å². The Morgan fingerprint density at radius 2 is 1.95 bits per heavy atom. The van der Waals surface area contributed by atoms with Gasteiger partial charge in [-0.05, 0) is 24.3 Å². The van der Waals surface area contributed by atoms with Gasteiger partial charge in [-0.25, -0.2) is 0 Å². The molecule has 0 spiro atoms. The van der Waals surface area contributed by atoms with Gasteiger partial charge in [0.05, 0.1) is 22.0 Å². The molecule has 0 radical (unpaired) electrons. The van der Waals surface area contributed by atoms with Crippen LogP contribution >= 0.6 is 22.9 Å². The van der Waals surface area contributed by atoms with E-state index >= 15 is 0 Å². The molecule has 0 fully saturated rings. The van der Waals surface area contributed by atoms with Gasteiger partial charge in [-0.3, -0.25) is 9.59 Å². The number of rotatable bonds is 4. The quantitative estimate of drug-likeness (QED) is 0.910. The molecule has 2 rings (SSSR count). The van der Waals surface area contributed by atoms with E-state index in [2.05, 4.69) is 5.32 Å². The molecule has 0 aliphatic carbocycles. The summed E-state index contributed by atoms with van der Waals surface area (Å²) in [4.78, 5) is 23.9. The lowest BCUT2D eigenvalue weighted by atomic mass is 10.1. The molecule has 0 bridgehead atoms. The zero-order valence-electron chi connectivity index (χ0n) is 9.85. The van der Waals surface area contributed by atoms with E-state index in [0.717, 1.165) is 4.88 Å². The fraction of sp³-hybridized carbons (Fsp3) is 0.0769. The summed E-state index contributed by atoms with van der Waals surface area (Å²) in [6.45, 7) is 0. The number of amides is 2. The average Bonchev–Trinajstić information content (AvgIpc) is 2.75. The highest BCUT2D eigenvalue weighted by Gasteiger charge is 2.11. The van der Waals surface area contributed by atoms with Crippen molar-refractivity contribution in [3.8, 4) is 0 Å². The number of anilines is 1. The highest BCUT2D eigenvalue weighted by atomic mass is 35.5. The largest absolute Gasteiger partial charge is 0.366 e. The van der Waals surface area contributed by atoms with E-state index in [4.69, 9.17) is 17.3 Å². The van der Waals surface area contributed by atoms with Gasteiger partial charge in [0.2, 0.25) is 5.91 Å². The molecule has 1 heterocycles. The first-order valence-electron chi connectivity index (χ1n) is 5.49. The average molecular weight is 295 g/mol. The van der Waals surface area contributed by atoms with Gasteiger partial charge >= 0.3 is 0 Å². The molecule has 1 aromatic heterocycles. The maximum absolute atomic E-state index is 11.9. The monoisotopic (exact) mass is 294 g/mol. The summed E-state index contributed by atoms with van der Waals surface area (Å²) in [5.41, 5.74) is 5.95. The van der Waals surface area contributed by atoms with Crippen molar-refractivity contribution in [3.63, 3.8) is 0 Å². The van der Waals surface area contributed by atoms with Crippen LogP contribution in [0.1, 0.15) is 15.2 Å². The third kappa shape index (κ3) is 3.56. The number of nitrogens with one attached hydrogen (secondary N) is 1. The van der Waals surface area contributed by atoms with Gasteiger partial charge in [0.1, 0.15) is 0 Å². The summed E-state index contributed by atoms with van der Waals surface area (Å²) >= 11 is 7.15. The molecule has 1 aromatic carbocycles. The zero-order valence-corrected chi connectivity index (χ0v) is 11.4. The first kappa shape index (κ1) is 13.6. The maximum Gasteiger partial charge on any atom is 0.250 e. The number of primary amides is 1. The van der Waals surface area contributed by atoms with Crippen molar-refractivity contribution >= 4 is 40.4 Å². The molecule has 2 aromatic rings. The van der Waals surface area contributed by atoms with Gasteiger partial charge in [-0.2, -0.15) is 0 Å². The van der Waals surface area contributed by atoms with E-state index in [-0.39, 0.29) is 12.3 Å². The summed E-state index contributed by atoms with van der Waals surface area (Å²) in [6, 6.07) is 10.2. The molecule has 4 nitrogen and oxygen atoms in total. The molecule has 0 saturated carbocycles. The van der Waals surface area contributed by atoms with E-state index in [1.54, 1.807) is 36.4 Å². The lowest BCUT2D eigenvalue weighted by Gasteiger charge is -2.07. The Hall–Kier alpha value is -1.85. The second kappa shape index (κ2) is 5.86. The Morgan fingerprint density at radius 3 is 2.58 bits per heavy atom. The molecule has 0 atom stereocenters. The van der Waals surface area contributed by atoms with E-state index in [1.807, 2.05) is 0 Å². The minimum absolute atomic E-state index is 0.213. The molecule has 98 valence electrons. The maximum atomic E-state index is 11.9. The summed E-state index contributed by atoms with van der Waals surface area (Å²) in [6.07, 6.45) is 0.213. The van der Waals surface area contributed by atoms with E-state index < -0.39 is 5.91 Å². The topological polar surface area (TPSA) is 72.2 Å². The van der Waals surface area contributed by atoms with Crippen LogP contribution in [-0.4, -0.2) is 11.8 Å². The Balaban J connectivity index is 2.09. The molecule has 0 aliphatic heterocycles. The Kier molecular flexibility index (Phi) is 4.19. The third-order valence-corrected chi connectivity index (χ3v) is 3.66. The van der Waals surface area contributed by atoms with Crippen molar-refractivity contribution in [2.24, 2.45) is 5.73 Å². The number of para-hydroxylation sites is 1. The van der Waals surface area contributed by atoms with Gasteiger partial charge in [0, 0.05) is 4.88 Å². The van der Waals surface area contributed by atoms with Crippen molar-refractivity contribution in [1.82, 2.24) is 0 Å². The SMILES string of the molecule is NC(=O)c1ccccc1NC(=O)Cc1ccc(Cl)s1. The van der Waals surface area contributed by atoms with Crippen LogP contribution in [-0.2, 0) is 11.2 Å². The third-order valence-electron chi connectivity index (χ3n) is 2.43. The number of benzene rings is 1. The highest BCUT2D eigenvalue weighted by Crippen LogP contribution is 2.22. The van der Waals surface area contributed by atoms with Gasteiger partial charge in [-0.1, -0.05) is 23.7 Å². The van der Waals surface area contributed by atoms with Gasteiger partial charge in [0.15, 0.2) is 0 Å². The molecule has 6 heteroatoms. The second-order valence-electron chi connectivity index (χ2n) is 3.84. The van der Waals surface area contributed by atoms with Crippen LogP contribution in [0.15, 0.2) is 36.4 Å². The van der Waals surface area contributed by atoms with Gasteiger partial charge < -0.3 is 11.1 Å². The Bertz CT molecular complexity index is 625. The molecule has 19 heavy (non-hydrogen) atoms. The summed E-state index contributed by atoms with van der Waals surface area (Å²) in [5.74, 6) is -0.790. The number of halogens is 1. The van der Waals surface area contributed by atoms with Crippen LogP contribution in [0.3, 0.4) is 0 Å². The first-order valence-corrected chi connectivity index (χ1v) is 6.68. The van der Waals surface area contributed by atoms with Gasteiger partial charge in [-0.15, -0.1) is 11.3 Å². The number of carbonyl (C=O) groups excluding carboxylic acids is 2. The summed E-state index contributed by atoms with van der Waals surface area (Å²) in [5, 5.41) is 2.67. The predicted molar refractivity (Wildman–Crippen MR) is 76.6 cm³/mol. The smallest absolute Gasteiger partial charge is 0.250 e. The number of nitrogens with two attached hydrogens (primary N) is 1. The van der Waals surface area contributed by atoms with Crippen LogP contribution in [0.2, 0.25) is 4.34 Å². The molecule has 0 unspecified atom stereocenters. The van der Waals surface area contributed by atoms with Crippen LogP contribution in [0, 0.1) is 0 Å². The lowest BCUT2D eigenvalue weighted by molar-refractivity contribution is -0.115. The molecular formula is C13H11ClN2O2S. The first-order chi connectivity index (χ1) is 9.06.